The molecule has 12 heteroatoms. The Morgan fingerprint density at radius 3 is 2.51 bits per heavy atom. The third kappa shape index (κ3) is 4.40. The standard InChI is InChI=1S/C23H23F4N7O/c1-28-19-11-18-15(12-30-19)21(17-8-10-33(2)31-17)32-34(18)13-3-5-14(6-4-13)35-22-20(24)16(7-9-29-22)23(25,26)27/h7-14H,3-6H2,1-2H3,(H,28,30). The highest BCUT2D eigenvalue weighted by molar-refractivity contribution is 5.93. The maximum absolute atomic E-state index is 14.3. The van der Waals surface area contributed by atoms with Crippen LogP contribution >= 0.6 is 0 Å². The maximum Gasteiger partial charge on any atom is 0.419 e. The summed E-state index contributed by atoms with van der Waals surface area (Å²) in [6.07, 6.45) is 1.62. The molecule has 0 unspecified atom stereocenters. The first kappa shape index (κ1) is 23.1. The van der Waals surface area contributed by atoms with Crippen molar-refractivity contribution >= 4 is 16.7 Å². The summed E-state index contributed by atoms with van der Waals surface area (Å²) < 4.78 is 62.6. The largest absolute Gasteiger partial charge is 0.472 e. The molecule has 0 aromatic carbocycles. The Kier molecular flexibility index (Phi) is 5.81. The summed E-state index contributed by atoms with van der Waals surface area (Å²) in [5.74, 6) is -1.39. The molecule has 8 nitrogen and oxygen atoms in total. The summed E-state index contributed by atoms with van der Waals surface area (Å²) in [4.78, 5) is 8.11. The Balaban J connectivity index is 1.38. The molecule has 0 amide bonds. The topological polar surface area (TPSA) is 82.7 Å². The van der Waals surface area contributed by atoms with Crippen LogP contribution in [0.5, 0.6) is 5.88 Å². The molecule has 1 fully saturated rings. The van der Waals surface area contributed by atoms with Crippen LogP contribution < -0.4 is 10.1 Å². The minimum atomic E-state index is -4.81. The van der Waals surface area contributed by atoms with E-state index < -0.39 is 29.5 Å². The molecule has 1 N–H and O–H groups in total. The average Bonchev–Trinajstić information content (AvgIpc) is 3.43. The third-order valence-electron chi connectivity index (χ3n) is 6.23. The molecule has 0 spiro atoms. The second kappa shape index (κ2) is 8.82. The van der Waals surface area contributed by atoms with E-state index in [1.165, 1.54) is 0 Å². The van der Waals surface area contributed by atoms with E-state index in [2.05, 4.69) is 20.4 Å². The number of rotatable bonds is 5. The van der Waals surface area contributed by atoms with Crippen molar-refractivity contribution in [1.82, 2.24) is 29.5 Å². The Labute approximate surface area is 197 Å². The molecule has 4 aromatic heterocycles. The number of nitrogens with zero attached hydrogens (tertiary/aromatic N) is 6. The zero-order chi connectivity index (χ0) is 24.7. The van der Waals surface area contributed by atoms with Gasteiger partial charge in [0.05, 0.1) is 17.1 Å². The molecular formula is C23H23F4N7O. The number of anilines is 1. The van der Waals surface area contributed by atoms with E-state index >= 15 is 0 Å². The highest BCUT2D eigenvalue weighted by Gasteiger charge is 2.36. The summed E-state index contributed by atoms with van der Waals surface area (Å²) in [6, 6.07) is 4.45. The lowest BCUT2D eigenvalue weighted by atomic mass is 9.93. The van der Waals surface area contributed by atoms with Gasteiger partial charge < -0.3 is 10.1 Å². The average molecular weight is 489 g/mol. The van der Waals surface area contributed by atoms with Crippen LogP contribution in [0.2, 0.25) is 0 Å². The van der Waals surface area contributed by atoms with Gasteiger partial charge in [-0.15, -0.1) is 0 Å². The number of hydrogen-bond acceptors (Lipinski definition) is 6. The minimum Gasteiger partial charge on any atom is -0.472 e. The van der Waals surface area contributed by atoms with Gasteiger partial charge in [-0.05, 0) is 37.8 Å². The lowest BCUT2D eigenvalue weighted by Gasteiger charge is -2.29. The van der Waals surface area contributed by atoms with Crippen LogP contribution in [-0.4, -0.2) is 42.7 Å². The molecule has 4 heterocycles. The SMILES string of the molecule is CNc1cc2c(cn1)c(-c1ccn(C)n1)nn2C1CCC(Oc2nccc(C(F)(F)F)c2F)CC1. The number of nitrogens with one attached hydrogen (secondary N) is 1. The number of fused-ring (bicyclic) bond motifs is 1. The molecule has 1 aliphatic carbocycles. The smallest absolute Gasteiger partial charge is 0.419 e. The van der Waals surface area contributed by atoms with E-state index in [1.54, 1.807) is 17.9 Å². The zero-order valence-electron chi connectivity index (χ0n) is 19.1. The van der Waals surface area contributed by atoms with Gasteiger partial charge in [-0.1, -0.05) is 0 Å². The van der Waals surface area contributed by atoms with Gasteiger partial charge in [0.25, 0.3) is 5.88 Å². The van der Waals surface area contributed by atoms with Gasteiger partial charge in [0, 0.05) is 44.1 Å². The van der Waals surface area contributed by atoms with E-state index in [4.69, 9.17) is 9.84 Å². The maximum atomic E-state index is 14.3. The van der Waals surface area contributed by atoms with Gasteiger partial charge in [-0.3, -0.25) is 9.36 Å². The van der Waals surface area contributed by atoms with Crippen molar-refractivity contribution in [1.29, 1.82) is 0 Å². The first-order chi connectivity index (χ1) is 16.7. The molecule has 0 radical (unpaired) electrons. The number of pyridine rings is 2. The molecule has 4 aromatic rings. The van der Waals surface area contributed by atoms with Gasteiger partial charge in [-0.2, -0.15) is 23.4 Å². The predicted octanol–water partition coefficient (Wildman–Crippen LogP) is 4.99. The summed E-state index contributed by atoms with van der Waals surface area (Å²) in [7, 11) is 3.63. The second-order valence-corrected chi connectivity index (χ2v) is 8.53. The van der Waals surface area contributed by atoms with Crippen LogP contribution in [0.4, 0.5) is 23.4 Å². The Morgan fingerprint density at radius 2 is 1.86 bits per heavy atom. The molecule has 5 rings (SSSR count). The van der Waals surface area contributed by atoms with Crippen LogP contribution in [0.3, 0.4) is 0 Å². The highest BCUT2D eigenvalue weighted by Crippen LogP contribution is 2.38. The van der Waals surface area contributed by atoms with E-state index in [1.807, 2.05) is 30.1 Å². The summed E-state index contributed by atoms with van der Waals surface area (Å²) in [5.41, 5.74) is 0.984. The van der Waals surface area contributed by atoms with Crippen molar-refractivity contribution in [2.45, 2.75) is 44.0 Å². The van der Waals surface area contributed by atoms with Crippen molar-refractivity contribution in [2.24, 2.45) is 7.05 Å². The minimum absolute atomic E-state index is 0.0289. The van der Waals surface area contributed by atoms with Gasteiger partial charge >= 0.3 is 6.18 Å². The lowest BCUT2D eigenvalue weighted by molar-refractivity contribution is -0.140. The van der Waals surface area contributed by atoms with Crippen molar-refractivity contribution in [2.75, 3.05) is 12.4 Å². The normalized spacial score (nSPS) is 18.7. The third-order valence-corrected chi connectivity index (χ3v) is 6.23. The van der Waals surface area contributed by atoms with Crippen LogP contribution in [0.15, 0.2) is 36.8 Å². The van der Waals surface area contributed by atoms with Gasteiger partial charge in [-0.25, -0.2) is 14.4 Å². The molecule has 1 saturated carbocycles. The zero-order valence-corrected chi connectivity index (χ0v) is 19.1. The number of aromatic nitrogens is 6. The number of aryl methyl sites for hydroxylation is 1. The fraction of sp³-hybridized carbons (Fsp3) is 0.391. The Bertz CT molecular complexity index is 1360. The first-order valence-electron chi connectivity index (χ1n) is 11.2. The monoisotopic (exact) mass is 489 g/mol. The van der Waals surface area contributed by atoms with E-state index in [9.17, 15) is 17.6 Å². The van der Waals surface area contributed by atoms with Crippen LogP contribution in [0.1, 0.15) is 37.3 Å². The van der Waals surface area contributed by atoms with Gasteiger partial charge in [0.1, 0.15) is 23.3 Å². The molecule has 0 bridgehead atoms. The van der Waals surface area contributed by atoms with E-state index in [-0.39, 0.29) is 6.04 Å². The molecular weight excluding hydrogens is 466 g/mol. The first-order valence-corrected chi connectivity index (χ1v) is 11.2. The molecule has 184 valence electrons. The molecule has 35 heavy (non-hydrogen) atoms. The summed E-state index contributed by atoms with van der Waals surface area (Å²) >= 11 is 0. The number of halogens is 4. The molecule has 0 atom stereocenters. The van der Waals surface area contributed by atoms with Crippen molar-refractivity contribution < 1.29 is 22.3 Å². The summed E-state index contributed by atoms with van der Waals surface area (Å²) in [5, 5.41) is 13.3. The van der Waals surface area contributed by atoms with Crippen LogP contribution in [-0.2, 0) is 13.2 Å². The number of alkyl halides is 3. The fourth-order valence-corrected chi connectivity index (χ4v) is 4.47. The number of ether oxygens (including phenoxy) is 1. The van der Waals surface area contributed by atoms with Crippen molar-refractivity contribution in [3.63, 3.8) is 0 Å². The second-order valence-electron chi connectivity index (χ2n) is 8.53. The fourth-order valence-electron chi connectivity index (χ4n) is 4.47. The van der Waals surface area contributed by atoms with Crippen LogP contribution in [0.25, 0.3) is 22.3 Å². The van der Waals surface area contributed by atoms with E-state index in [0.29, 0.717) is 37.6 Å². The number of hydrogen-bond donors (Lipinski definition) is 1. The molecule has 0 aliphatic heterocycles. The van der Waals surface area contributed by atoms with E-state index in [0.717, 1.165) is 28.5 Å². The summed E-state index contributed by atoms with van der Waals surface area (Å²) in [6.45, 7) is 0. The van der Waals surface area contributed by atoms with Crippen molar-refractivity contribution in [3.05, 3.63) is 48.2 Å². The van der Waals surface area contributed by atoms with Crippen LogP contribution in [0, 0.1) is 5.82 Å². The Morgan fingerprint density at radius 1 is 1.09 bits per heavy atom. The molecule has 0 saturated heterocycles. The Hall–Kier alpha value is -3.70. The van der Waals surface area contributed by atoms with Gasteiger partial charge in [0.2, 0.25) is 0 Å². The molecule has 1 aliphatic rings. The van der Waals surface area contributed by atoms with Crippen molar-refractivity contribution in [3.8, 4) is 17.3 Å². The predicted molar refractivity (Wildman–Crippen MR) is 120 cm³/mol. The lowest BCUT2D eigenvalue weighted by Crippen LogP contribution is -2.27. The van der Waals surface area contributed by atoms with Gasteiger partial charge in [0.15, 0.2) is 5.82 Å². The highest BCUT2D eigenvalue weighted by atomic mass is 19.4. The quantitative estimate of drug-likeness (QED) is 0.398.